The average Bonchev–Trinajstić information content (AvgIpc) is 3.22. The SMILES string of the molecule is O=C(CNc1ccc(C(=O)NCC2CCCO2)cc1)Nc1cccc(Cl)c1Cl. The Labute approximate surface area is 173 Å². The second-order valence-electron chi connectivity index (χ2n) is 6.43. The van der Waals surface area contributed by atoms with Crippen LogP contribution in [0.1, 0.15) is 23.2 Å². The Hall–Kier alpha value is -2.28. The second kappa shape index (κ2) is 9.78. The number of amides is 2. The lowest BCUT2D eigenvalue weighted by Crippen LogP contribution is -2.31. The molecule has 1 saturated heterocycles. The molecule has 0 aliphatic carbocycles. The maximum Gasteiger partial charge on any atom is 0.251 e. The van der Waals surface area contributed by atoms with Gasteiger partial charge in [-0.1, -0.05) is 29.3 Å². The number of ether oxygens (including phenoxy) is 1. The van der Waals surface area contributed by atoms with Crippen molar-refractivity contribution in [3.63, 3.8) is 0 Å². The van der Waals surface area contributed by atoms with Gasteiger partial charge in [-0.05, 0) is 49.2 Å². The van der Waals surface area contributed by atoms with Crippen molar-refractivity contribution in [3.8, 4) is 0 Å². The van der Waals surface area contributed by atoms with Gasteiger partial charge in [-0.3, -0.25) is 9.59 Å². The van der Waals surface area contributed by atoms with Gasteiger partial charge in [0, 0.05) is 24.4 Å². The van der Waals surface area contributed by atoms with Crippen LogP contribution in [0.25, 0.3) is 0 Å². The van der Waals surface area contributed by atoms with Crippen LogP contribution in [0.3, 0.4) is 0 Å². The van der Waals surface area contributed by atoms with Crippen LogP contribution < -0.4 is 16.0 Å². The highest BCUT2D eigenvalue weighted by molar-refractivity contribution is 6.44. The first-order valence-electron chi connectivity index (χ1n) is 9.00. The number of halogens is 2. The minimum Gasteiger partial charge on any atom is -0.376 e. The molecule has 1 fully saturated rings. The molecule has 1 atom stereocenters. The van der Waals surface area contributed by atoms with E-state index in [4.69, 9.17) is 27.9 Å². The van der Waals surface area contributed by atoms with Crippen molar-refractivity contribution in [2.24, 2.45) is 0 Å². The Balaban J connectivity index is 1.46. The number of carbonyl (C=O) groups is 2. The number of benzene rings is 2. The van der Waals surface area contributed by atoms with E-state index in [0.717, 1.165) is 25.1 Å². The lowest BCUT2D eigenvalue weighted by molar-refractivity contribution is -0.114. The minimum atomic E-state index is -0.262. The Morgan fingerprint density at radius 2 is 1.89 bits per heavy atom. The van der Waals surface area contributed by atoms with Crippen molar-refractivity contribution >= 4 is 46.4 Å². The number of nitrogens with one attached hydrogen (secondary N) is 3. The summed E-state index contributed by atoms with van der Waals surface area (Å²) in [5.41, 5.74) is 1.74. The molecule has 0 saturated carbocycles. The fourth-order valence-electron chi connectivity index (χ4n) is 2.83. The van der Waals surface area contributed by atoms with Crippen LogP contribution in [-0.2, 0) is 9.53 Å². The monoisotopic (exact) mass is 421 g/mol. The van der Waals surface area contributed by atoms with Gasteiger partial charge in [0.15, 0.2) is 0 Å². The summed E-state index contributed by atoms with van der Waals surface area (Å²) in [6.07, 6.45) is 2.13. The predicted molar refractivity (Wildman–Crippen MR) is 111 cm³/mol. The van der Waals surface area contributed by atoms with Crippen molar-refractivity contribution in [2.45, 2.75) is 18.9 Å². The third kappa shape index (κ3) is 5.61. The fourth-order valence-corrected chi connectivity index (χ4v) is 3.18. The number of hydrogen-bond donors (Lipinski definition) is 3. The minimum absolute atomic E-state index is 0.0490. The molecule has 0 radical (unpaired) electrons. The fraction of sp³-hybridized carbons (Fsp3) is 0.300. The quantitative estimate of drug-likeness (QED) is 0.631. The molecule has 2 aromatic rings. The number of rotatable bonds is 7. The van der Waals surface area contributed by atoms with Gasteiger partial charge in [-0.15, -0.1) is 0 Å². The first-order valence-corrected chi connectivity index (χ1v) is 9.76. The molecule has 28 heavy (non-hydrogen) atoms. The van der Waals surface area contributed by atoms with E-state index < -0.39 is 0 Å². The van der Waals surface area contributed by atoms with Gasteiger partial charge >= 0.3 is 0 Å². The molecule has 1 aliphatic rings. The van der Waals surface area contributed by atoms with Gasteiger partial charge in [0.1, 0.15) is 0 Å². The molecule has 1 heterocycles. The van der Waals surface area contributed by atoms with E-state index in [9.17, 15) is 9.59 Å². The highest BCUT2D eigenvalue weighted by atomic mass is 35.5. The van der Waals surface area contributed by atoms with Crippen LogP contribution >= 0.6 is 23.2 Å². The van der Waals surface area contributed by atoms with E-state index in [-0.39, 0.29) is 24.5 Å². The number of carbonyl (C=O) groups excluding carboxylic acids is 2. The van der Waals surface area contributed by atoms with Gasteiger partial charge in [0.25, 0.3) is 5.91 Å². The van der Waals surface area contributed by atoms with Crippen LogP contribution in [0, 0.1) is 0 Å². The van der Waals surface area contributed by atoms with Crippen LogP contribution in [0.2, 0.25) is 10.0 Å². The third-order valence-electron chi connectivity index (χ3n) is 4.34. The molecule has 6 nitrogen and oxygen atoms in total. The number of hydrogen-bond acceptors (Lipinski definition) is 4. The molecule has 1 unspecified atom stereocenters. The molecular weight excluding hydrogens is 401 g/mol. The average molecular weight is 422 g/mol. The first-order chi connectivity index (χ1) is 13.5. The topological polar surface area (TPSA) is 79.5 Å². The lowest BCUT2D eigenvalue weighted by Gasteiger charge is -2.12. The summed E-state index contributed by atoms with van der Waals surface area (Å²) in [7, 11) is 0. The van der Waals surface area contributed by atoms with Crippen LogP contribution in [-0.4, -0.2) is 37.6 Å². The molecule has 2 aromatic carbocycles. The van der Waals surface area contributed by atoms with Gasteiger partial charge in [-0.2, -0.15) is 0 Å². The molecule has 2 amide bonds. The molecule has 0 bridgehead atoms. The summed E-state index contributed by atoms with van der Waals surface area (Å²) >= 11 is 12.0. The Morgan fingerprint density at radius 1 is 1.11 bits per heavy atom. The van der Waals surface area contributed by atoms with Gasteiger partial charge in [0.2, 0.25) is 5.91 Å². The smallest absolute Gasteiger partial charge is 0.251 e. The summed E-state index contributed by atoms with van der Waals surface area (Å²) in [6, 6.07) is 11.9. The molecule has 0 spiro atoms. The maximum absolute atomic E-state index is 12.2. The zero-order valence-corrected chi connectivity index (χ0v) is 16.6. The summed E-state index contributed by atoms with van der Waals surface area (Å²) in [5, 5.41) is 9.26. The zero-order chi connectivity index (χ0) is 19.9. The van der Waals surface area contributed by atoms with Crippen molar-refractivity contribution in [1.29, 1.82) is 0 Å². The first kappa shape index (κ1) is 20.5. The molecule has 8 heteroatoms. The standard InChI is InChI=1S/C20H21Cl2N3O3/c21-16-4-1-5-17(19(16)22)25-18(26)12-23-14-8-6-13(7-9-14)20(27)24-11-15-3-2-10-28-15/h1,4-9,15,23H,2-3,10-12H2,(H,24,27)(H,25,26). The predicted octanol–water partition coefficient (Wildman–Crippen LogP) is 3.95. The highest BCUT2D eigenvalue weighted by Crippen LogP contribution is 2.29. The Morgan fingerprint density at radius 3 is 2.61 bits per heavy atom. The normalized spacial score (nSPS) is 15.9. The largest absolute Gasteiger partial charge is 0.376 e. The summed E-state index contributed by atoms with van der Waals surface area (Å²) in [5.74, 6) is -0.405. The lowest BCUT2D eigenvalue weighted by atomic mass is 10.2. The van der Waals surface area contributed by atoms with Crippen LogP contribution in [0.5, 0.6) is 0 Å². The van der Waals surface area contributed by atoms with Crippen LogP contribution in [0.4, 0.5) is 11.4 Å². The van der Waals surface area contributed by atoms with Crippen molar-refractivity contribution < 1.29 is 14.3 Å². The molecule has 1 aliphatic heterocycles. The molecule has 0 aromatic heterocycles. The van der Waals surface area contributed by atoms with E-state index in [2.05, 4.69) is 16.0 Å². The van der Waals surface area contributed by atoms with Gasteiger partial charge in [0.05, 0.1) is 28.4 Å². The summed E-state index contributed by atoms with van der Waals surface area (Å²) < 4.78 is 5.49. The van der Waals surface area contributed by atoms with Crippen molar-refractivity contribution in [1.82, 2.24) is 5.32 Å². The van der Waals surface area contributed by atoms with Gasteiger partial charge in [-0.25, -0.2) is 0 Å². The Kier molecular flexibility index (Phi) is 7.14. The van der Waals surface area contributed by atoms with E-state index in [1.165, 1.54) is 0 Å². The Bertz CT molecular complexity index is 837. The molecule has 3 rings (SSSR count). The number of anilines is 2. The third-order valence-corrected chi connectivity index (χ3v) is 5.16. The highest BCUT2D eigenvalue weighted by Gasteiger charge is 2.16. The van der Waals surface area contributed by atoms with Crippen LogP contribution in [0.15, 0.2) is 42.5 Å². The van der Waals surface area contributed by atoms with E-state index >= 15 is 0 Å². The van der Waals surface area contributed by atoms with E-state index in [1.54, 1.807) is 42.5 Å². The van der Waals surface area contributed by atoms with Crippen molar-refractivity contribution in [3.05, 3.63) is 58.1 Å². The van der Waals surface area contributed by atoms with Crippen molar-refractivity contribution in [2.75, 3.05) is 30.3 Å². The molecular formula is C20H21Cl2N3O3. The van der Waals surface area contributed by atoms with E-state index in [1.807, 2.05) is 0 Å². The summed E-state index contributed by atoms with van der Waals surface area (Å²) in [4.78, 5) is 24.3. The zero-order valence-electron chi connectivity index (χ0n) is 15.1. The summed E-state index contributed by atoms with van der Waals surface area (Å²) in [6.45, 7) is 1.33. The maximum atomic E-state index is 12.2. The van der Waals surface area contributed by atoms with Gasteiger partial charge < -0.3 is 20.7 Å². The molecule has 3 N–H and O–H groups in total. The molecule has 148 valence electrons. The second-order valence-corrected chi connectivity index (χ2v) is 7.21. The van der Waals surface area contributed by atoms with E-state index in [0.29, 0.717) is 27.8 Å².